The molecular formula is C15H16OSe. The summed E-state index contributed by atoms with van der Waals surface area (Å²) in [4.78, 5) is 0. The first-order chi connectivity index (χ1) is 8.07. The van der Waals surface area contributed by atoms with Crippen molar-refractivity contribution < 1.29 is 5.11 Å². The van der Waals surface area contributed by atoms with Gasteiger partial charge < -0.3 is 0 Å². The van der Waals surface area contributed by atoms with Crippen LogP contribution < -0.4 is 0 Å². The fourth-order valence-corrected chi connectivity index (χ4v) is 4.29. The van der Waals surface area contributed by atoms with E-state index in [1.165, 1.54) is 9.79 Å². The Balaban J connectivity index is 2.27. The number of rotatable bonds is 1. The van der Waals surface area contributed by atoms with E-state index >= 15 is 0 Å². The minimum absolute atomic E-state index is 0.416. The number of allylic oxidation sites excluding steroid dienone is 1. The Labute approximate surface area is 109 Å². The Bertz CT molecular complexity index is 483. The number of hydrogen-bond donors (Lipinski definition) is 1. The van der Waals surface area contributed by atoms with Gasteiger partial charge in [0, 0.05) is 0 Å². The van der Waals surface area contributed by atoms with Crippen LogP contribution in [0.2, 0.25) is 5.32 Å². The van der Waals surface area contributed by atoms with Crippen LogP contribution in [0.3, 0.4) is 0 Å². The molecule has 2 heteroatoms. The quantitative estimate of drug-likeness (QED) is 0.623. The van der Waals surface area contributed by atoms with Crippen LogP contribution in [0.25, 0.3) is 0 Å². The summed E-state index contributed by atoms with van der Waals surface area (Å²) in [7, 11) is 0. The van der Waals surface area contributed by atoms with Gasteiger partial charge in [-0.05, 0) is 0 Å². The van der Waals surface area contributed by atoms with E-state index in [1.54, 1.807) is 0 Å². The van der Waals surface area contributed by atoms with Crippen LogP contribution in [0, 0.1) is 11.8 Å². The first-order valence-corrected chi connectivity index (χ1v) is 7.80. The van der Waals surface area contributed by atoms with Gasteiger partial charge in [-0.2, -0.15) is 0 Å². The average Bonchev–Trinajstić information content (AvgIpc) is 2.75. The van der Waals surface area contributed by atoms with Crippen molar-refractivity contribution in [1.82, 2.24) is 0 Å². The third-order valence-corrected chi connectivity index (χ3v) is 5.59. The molecule has 0 aromatic heterocycles. The van der Waals surface area contributed by atoms with Gasteiger partial charge in [-0.15, -0.1) is 0 Å². The number of benzene rings is 1. The van der Waals surface area contributed by atoms with Gasteiger partial charge in [-0.1, -0.05) is 0 Å². The summed E-state index contributed by atoms with van der Waals surface area (Å²) in [5.74, 6) is 6.42. The van der Waals surface area contributed by atoms with Crippen LogP contribution >= 0.6 is 0 Å². The second-order valence-corrected chi connectivity index (χ2v) is 6.90. The fraction of sp³-hybridized carbons (Fsp3) is 0.333. The second kappa shape index (κ2) is 5.10. The van der Waals surface area contributed by atoms with E-state index in [4.69, 9.17) is 0 Å². The second-order valence-electron chi connectivity index (χ2n) is 4.58. The Morgan fingerprint density at radius 1 is 1.18 bits per heavy atom. The van der Waals surface area contributed by atoms with Crippen LogP contribution in [0.5, 0.6) is 0 Å². The molecular weight excluding hydrogens is 275 g/mol. The van der Waals surface area contributed by atoms with Crippen LogP contribution in [0.4, 0.5) is 0 Å². The maximum absolute atomic E-state index is 10.1. The SMILES string of the molecule is CC(C)(O)C1=C(C#Cc2ccccc2)CC[Se]1. The predicted molar refractivity (Wildman–Crippen MR) is 71.8 cm³/mol. The van der Waals surface area contributed by atoms with E-state index < -0.39 is 5.60 Å². The molecule has 1 nitrogen and oxygen atoms in total. The summed E-state index contributed by atoms with van der Waals surface area (Å²) in [6, 6.07) is 10.0. The molecule has 0 fully saturated rings. The summed E-state index contributed by atoms with van der Waals surface area (Å²) in [5.41, 5.74) is 1.49. The van der Waals surface area contributed by atoms with E-state index in [0.29, 0.717) is 15.0 Å². The Kier molecular flexibility index (Phi) is 3.74. The Morgan fingerprint density at radius 3 is 2.53 bits per heavy atom. The maximum atomic E-state index is 10.1. The third kappa shape index (κ3) is 3.23. The Morgan fingerprint density at radius 2 is 1.88 bits per heavy atom. The minimum atomic E-state index is -0.697. The third-order valence-electron chi connectivity index (χ3n) is 2.56. The molecule has 0 amide bonds. The molecule has 1 aromatic rings. The van der Waals surface area contributed by atoms with E-state index in [-0.39, 0.29) is 0 Å². The average molecular weight is 291 g/mol. The topological polar surface area (TPSA) is 20.2 Å². The standard InChI is InChI=1S/C15H16OSe/c1-15(2,16)14-13(10-11-17-14)9-8-12-6-4-3-5-7-12/h3-7,16H,10-11H2,1-2H3. The van der Waals surface area contributed by atoms with Crippen molar-refractivity contribution in [2.75, 3.05) is 0 Å². The summed E-state index contributed by atoms with van der Waals surface area (Å²) >= 11 is 0.416. The van der Waals surface area contributed by atoms with Gasteiger partial charge in [-0.25, -0.2) is 0 Å². The summed E-state index contributed by atoms with van der Waals surface area (Å²) in [5, 5.41) is 11.2. The molecule has 0 spiro atoms. The van der Waals surface area contributed by atoms with Gasteiger partial charge in [0.15, 0.2) is 0 Å². The van der Waals surface area contributed by atoms with Gasteiger partial charge in [-0.3, -0.25) is 0 Å². The first-order valence-electron chi connectivity index (χ1n) is 5.73. The molecule has 1 aliphatic rings. The molecule has 2 rings (SSSR count). The molecule has 0 bridgehead atoms. The van der Waals surface area contributed by atoms with Crippen LogP contribution in [0.1, 0.15) is 25.8 Å². The normalized spacial score (nSPS) is 15.7. The van der Waals surface area contributed by atoms with Gasteiger partial charge in [0.25, 0.3) is 0 Å². The van der Waals surface area contributed by atoms with E-state index in [2.05, 4.69) is 11.8 Å². The zero-order valence-corrected chi connectivity index (χ0v) is 11.9. The molecule has 0 atom stereocenters. The molecule has 0 saturated carbocycles. The van der Waals surface area contributed by atoms with Crippen LogP contribution in [-0.2, 0) is 0 Å². The Hall–Kier alpha value is -1.00. The molecule has 0 aliphatic carbocycles. The molecule has 0 unspecified atom stereocenters. The number of aliphatic hydroxyl groups is 1. The van der Waals surface area contributed by atoms with Crippen molar-refractivity contribution >= 4 is 15.0 Å². The molecule has 1 N–H and O–H groups in total. The molecule has 17 heavy (non-hydrogen) atoms. The zero-order chi connectivity index (χ0) is 12.3. The fourth-order valence-electron chi connectivity index (χ4n) is 1.79. The molecule has 1 heterocycles. The monoisotopic (exact) mass is 292 g/mol. The molecule has 88 valence electrons. The van der Waals surface area contributed by atoms with Crippen LogP contribution in [0.15, 0.2) is 40.4 Å². The zero-order valence-electron chi connectivity index (χ0n) is 10.2. The first kappa shape index (κ1) is 12.5. The molecule has 0 saturated heterocycles. The van der Waals surface area contributed by atoms with Gasteiger partial charge in [0.05, 0.1) is 0 Å². The van der Waals surface area contributed by atoms with Crippen molar-refractivity contribution in [3.8, 4) is 11.8 Å². The summed E-state index contributed by atoms with van der Waals surface area (Å²) in [6.07, 6.45) is 1.03. The van der Waals surface area contributed by atoms with E-state index in [1.807, 2.05) is 44.2 Å². The van der Waals surface area contributed by atoms with Crippen LogP contribution in [-0.4, -0.2) is 25.7 Å². The van der Waals surface area contributed by atoms with E-state index in [9.17, 15) is 5.11 Å². The van der Waals surface area contributed by atoms with E-state index in [0.717, 1.165) is 17.6 Å². The summed E-state index contributed by atoms with van der Waals surface area (Å²) < 4.78 is 1.17. The van der Waals surface area contributed by atoms with Gasteiger partial charge in [0.1, 0.15) is 0 Å². The van der Waals surface area contributed by atoms with Gasteiger partial charge in [0.2, 0.25) is 0 Å². The van der Waals surface area contributed by atoms with Crippen molar-refractivity contribution in [1.29, 1.82) is 0 Å². The number of hydrogen-bond acceptors (Lipinski definition) is 1. The van der Waals surface area contributed by atoms with Crippen molar-refractivity contribution in [3.05, 3.63) is 45.9 Å². The van der Waals surface area contributed by atoms with Crippen molar-refractivity contribution in [3.63, 3.8) is 0 Å². The molecule has 1 aromatic carbocycles. The van der Waals surface area contributed by atoms with Crippen molar-refractivity contribution in [2.45, 2.75) is 31.2 Å². The molecule has 1 aliphatic heterocycles. The predicted octanol–water partition coefficient (Wildman–Crippen LogP) is 2.59. The summed E-state index contributed by atoms with van der Waals surface area (Å²) in [6.45, 7) is 3.72. The molecule has 0 radical (unpaired) electrons. The van der Waals surface area contributed by atoms with Gasteiger partial charge >= 0.3 is 109 Å². The van der Waals surface area contributed by atoms with Crippen molar-refractivity contribution in [2.24, 2.45) is 0 Å².